The molecule has 0 spiro atoms. The lowest BCUT2D eigenvalue weighted by atomic mass is 10.1. The monoisotopic (exact) mass is 477 g/mol. The van der Waals surface area contributed by atoms with Crippen LogP contribution in [0.1, 0.15) is 47.7 Å². The lowest BCUT2D eigenvalue weighted by molar-refractivity contribution is -0.119. The first-order valence-electron chi connectivity index (χ1n) is 11.5. The summed E-state index contributed by atoms with van der Waals surface area (Å²) in [6, 6.07) is 11.6. The van der Waals surface area contributed by atoms with E-state index >= 15 is 0 Å². The third-order valence-corrected chi connectivity index (χ3v) is 7.34. The molecule has 0 radical (unpaired) electrons. The number of thioether (sulfide) groups is 1. The Bertz CT molecular complexity index is 1180. The van der Waals surface area contributed by atoms with Crippen molar-refractivity contribution in [2.45, 2.75) is 49.1 Å². The van der Waals surface area contributed by atoms with Crippen LogP contribution in [-0.2, 0) is 11.2 Å². The molecule has 1 aliphatic heterocycles. The lowest BCUT2D eigenvalue weighted by Crippen LogP contribution is -2.48. The van der Waals surface area contributed by atoms with E-state index in [2.05, 4.69) is 30.8 Å². The fraction of sp³-hybridized carbons (Fsp3) is 0.375. The number of carbonyl (C=O) groups excluding carboxylic acids is 2. The van der Waals surface area contributed by atoms with Gasteiger partial charge in [-0.15, -0.1) is 16.9 Å². The maximum Gasteiger partial charge on any atom is 0.291 e. The van der Waals surface area contributed by atoms with Gasteiger partial charge in [-0.1, -0.05) is 43.2 Å². The van der Waals surface area contributed by atoms with Gasteiger partial charge in [-0.05, 0) is 24.5 Å². The number of carbonyl (C=O) groups is 2. The second-order valence-electron chi connectivity index (χ2n) is 8.67. The van der Waals surface area contributed by atoms with Crippen molar-refractivity contribution >= 4 is 35.1 Å². The highest BCUT2D eigenvalue weighted by atomic mass is 32.2. The number of H-pyrrole nitrogens is 1. The number of hydrogen-bond donors (Lipinski definition) is 3. The van der Waals surface area contributed by atoms with Gasteiger partial charge in [-0.3, -0.25) is 14.7 Å². The molecule has 0 unspecified atom stereocenters. The van der Waals surface area contributed by atoms with Crippen LogP contribution in [0.5, 0.6) is 0 Å². The lowest BCUT2D eigenvalue weighted by Gasteiger charge is -2.21. The maximum absolute atomic E-state index is 13.1. The van der Waals surface area contributed by atoms with Crippen LogP contribution in [0.2, 0.25) is 0 Å². The third kappa shape index (κ3) is 4.91. The summed E-state index contributed by atoms with van der Waals surface area (Å²) in [5, 5.41) is 13.2. The molecule has 2 aliphatic rings. The van der Waals surface area contributed by atoms with Crippen molar-refractivity contribution in [3.63, 3.8) is 0 Å². The van der Waals surface area contributed by atoms with Crippen molar-refractivity contribution in [3.8, 4) is 0 Å². The molecule has 1 aliphatic carbocycles. The number of aromatic nitrogens is 4. The Hall–Kier alpha value is -3.40. The molecule has 1 aromatic carbocycles. The van der Waals surface area contributed by atoms with Crippen LogP contribution in [0.4, 0.5) is 11.5 Å². The largest absolute Gasteiger partial charge is 0.367 e. The zero-order chi connectivity index (χ0) is 23.5. The van der Waals surface area contributed by atoms with Crippen LogP contribution in [0.15, 0.2) is 47.5 Å². The summed E-state index contributed by atoms with van der Waals surface area (Å²) >= 11 is 1.54. The van der Waals surface area contributed by atoms with E-state index in [9.17, 15) is 9.59 Å². The molecular formula is C24H27N7O2S. The molecule has 3 heterocycles. The van der Waals surface area contributed by atoms with Gasteiger partial charge in [0.25, 0.3) is 5.91 Å². The number of nitrogens with zero attached hydrogens (tertiary/aromatic N) is 4. The topological polar surface area (TPSA) is 116 Å². The fourth-order valence-electron chi connectivity index (χ4n) is 4.34. The van der Waals surface area contributed by atoms with E-state index in [1.165, 1.54) is 24.6 Å². The second kappa shape index (κ2) is 9.84. The maximum atomic E-state index is 13.1. The highest BCUT2D eigenvalue weighted by molar-refractivity contribution is 7.99. The predicted molar refractivity (Wildman–Crippen MR) is 131 cm³/mol. The molecule has 5 rings (SSSR count). The zero-order valence-electron chi connectivity index (χ0n) is 19.0. The molecule has 0 saturated heterocycles. The molecule has 176 valence electrons. The summed E-state index contributed by atoms with van der Waals surface area (Å²) in [5.41, 5.74) is 1.81. The number of pyridine rings is 1. The molecule has 2 aromatic heterocycles. The number of benzene rings is 1. The Kier molecular flexibility index (Phi) is 6.48. The average molecular weight is 478 g/mol. The molecule has 1 atom stereocenters. The van der Waals surface area contributed by atoms with Gasteiger partial charge in [0.2, 0.25) is 11.7 Å². The van der Waals surface area contributed by atoms with Crippen molar-refractivity contribution in [2.75, 3.05) is 23.0 Å². The highest BCUT2D eigenvalue weighted by Gasteiger charge is 2.31. The third-order valence-electron chi connectivity index (χ3n) is 6.20. The summed E-state index contributed by atoms with van der Waals surface area (Å²) < 4.78 is 0. The van der Waals surface area contributed by atoms with Crippen LogP contribution in [0.3, 0.4) is 0 Å². The smallest absolute Gasteiger partial charge is 0.291 e. The van der Waals surface area contributed by atoms with Gasteiger partial charge in [0.1, 0.15) is 17.7 Å². The first-order valence-corrected chi connectivity index (χ1v) is 12.5. The van der Waals surface area contributed by atoms with E-state index in [1.807, 2.05) is 36.4 Å². The summed E-state index contributed by atoms with van der Waals surface area (Å²) in [6.07, 6.45) is 7.08. The minimum Gasteiger partial charge on any atom is -0.367 e. The number of hydrogen-bond acceptors (Lipinski definition) is 7. The summed E-state index contributed by atoms with van der Waals surface area (Å²) in [6.45, 7) is 0. The van der Waals surface area contributed by atoms with Crippen molar-refractivity contribution in [1.82, 2.24) is 25.5 Å². The van der Waals surface area contributed by atoms with E-state index in [-0.39, 0.29) is 11.7 Å². The van der Waals surface area contributed by atoms with Crippen LogP contribution >= 0.6 is 11.8 Å². The number of likely N-dealkylation sites (N-methyl/N-ethyl adjacent to an activating group) is 1. The number of amides is 2. The van der Waals surface area contributed by atoms with Gasteiger partial charge in [-0.2, -0.15) is 0 Å². The minimum absolute atomic E-state index is 0.0258. The first-order chi connectivity index (χ1) is 16.6. The normalized spacial score (nSPS) is 18.4. The Morgan fingerprint density at radius 3 is 2.82 bits per heavy atom. The molecule has 3 N–H and O–H groups in total. The standard InChI is InChI=1S/C24H27N7O2S/c1-31-18-13-25-20(26-16-9-5-6-10-16)12-19(18)34-14-17(24(31)33)27-23(32)22-28-21(29-30-22)11-15-7-3-2-4-8-15/h2-4,7-8,12-13,16-17H,5-6,9-11,14H2,1H3,(H,25,26)(H,27,32)(H,28,29,30)/t17-/m0/s1. The van der Waals surface area contributed by atoms with Gasteiger partial charge < -0.3 is 15.5 Å². The Morgan fingerprint density at radius 1 is 1.24 bits per heavy atom. The minimum atomic E-state index is -0.697. The van der Waals surface area contributed by atoms with Gasteiger partial charge in [0.15, 0.2) is 0 Å². The molecule has 34 heavy (non-hydrogen) atoms. The van der Waals surface area contributed by atoms with Crippen molar-refractivity contribution in [2.24, 2.45) is 0 Å². The van der Waals surface area contributed by atoms with Crippen LogP contribution in [0.25, 0.3) is 0 Å². The van der Waals surface area contributed by atoms with E-state index in [1.54, 1.807) is 18.1 Å². The molecule has 10 heteroatoms. The van der Waals surface area contributed by atoms with Gasteiger partial charge in [0.05, 0.1) is 11.9 Å². The SMILES string of the molecule is CN1C(=O)[C@@H](NC(=O)c2n[nH]c(Cc3ccccc3)n2)CSc2cc(NC3CCCC3)ncc21. The van der Waals surface area contributed by atoms with E-state index in [0.29, 0.717) is 24.0 Å². The highest BCUT2D eigenvalue weighted by Crippen LogP contribution is 2.35. The van der Waals surface area contributed by atoms with E-state index in [4.69, 9.17) is 0 Å². The van der Waals surface area contributed by atoms with Crippen LogP contribution in [-0.4, -0.2) is 56.9 Å². The summed E-state index contributed by atoms with van der Waals surface area (Å²) in [7, 11) is 1.71. The molecule has 3 aromatic rings. The molecule has 1 saturated carbocycles. The Labute approximate surface area is 202 Å². The molecule has 2 amide bonds. The number of aromatic amines is 1. The number of fused-ring (bicyclic) bond motifs is 1. The second-order valence-corrected chi connectivity index (χ2v) is 9.73. The van der Waals surface area contributed by atoms with Crippen LogP contribution in [0, 0.1) is 0 Å². The molecule has 0 bridgehead atoms. The summed E-state index contributed by atoms with van der Waals surface area (Å²) in [5.74, 6) is 1.19. The molecule has 9 nitrogen and oxygen atoms in total. The quantitative estimate of drug-likeness (QED) is 0.500. The van der Waals surface area contributed by atoms with Crippen LogP contribution < -0.4 is 15.5 Å². The Morgan fingerprint density at radius 2 is 2.03 bits per heavy atom. The number of rotatable bonds is 6. The number of nitrogens with one attached hydrogen (secondary N) is 3. The zero-order valence-corrected chi connectivity index (χ0v) is 19.8. The van der Waals surface area contributed by atoms with E-state index < -0.39 is 11.9 Å². The predicted octanol–water partition coefficient (Wildman–Crippen LogP) is 3.01. The van der Waals surface area contributed by atoms with Crippen molar-refractivity contribution in [1.29, 1.82) is 0 Å². The van der Waals surface area contributed by atoms with E-state index in [0.717, 1.165) is 34.8 Å². The summed E-state index contributed by atoms with van der Waals surface area (Å²) in [4.78, 5) is 37.3. The van der Waals surface area contributed by atoms with Gasteiger partial charge in [0, 0.05) is 30.2 Å². The molecular weight excluding hydrogens is 450 g/mol. The number of anilines is 2. The Balaban J connectivity index is 1.25. The van der Waals surface area contributed by atoms with Gasteiger partial charge >= 0.3 is 0 Å². The molecule has 1 fully saturated rings. The van der Waals surface area contributed by atoms with Gasteiger partial charge in [-0.25, -0.2) is 9.97 Å². The fourth-order valence-corrected chi connectivity index (χ4v) is 5.45. The average Bonchev–Trinajstić information content (AvgIpc) is 3.52. The van der Waals surface area contributed by atoms with Crippen molar-refractivity contribution < 1.29 is 9.59 Å². The first kappa shape index (κ1) is 22.4. The van der Waals surface area contributed by atoms with Crippen molar-refractivity contribution in [3.05, 3.63) is 59.8 Å².